The van der Waals surface area contributed by atoms with Gasteiger partial charge in [0.25, 0.3) is 0 Å². The van der Waals surface area contributed by atoms with Crippen LogP contribution in [0.3, 0.4) is 0 Å². The molecule has 0 saturated carbocycles. The first-order valence-electron chi connectivity index (χ1n) is 7.73. The Balaban J connectivity index is 2.33. The first-order valence-corrected chi connectivity index (χ1v) is 8.60. The van der Waals surface area contributed by atoms with E-state index in [0.29, 0.717) is 5.75 Å². The Kier molecular flexibility index (Phi) is 4.46. The minimum Gasteiger partial charge on any atom is -0.423 e. The molecule has 0 amide bonds. The molecule has 3 rings (SSSR count). The van der Waals surface area contributed by atoms with Crippen molar-refractivity contribution in [2.75, 3.05) is 0 Å². The van der Waals surface area contributed by atoms with Crippen LogP contribution in [0.25, 0.3) is 21.5 Å². The van der Waals surface area contributed by atoms with Crippen LogP contribution in [0.4, 0.5) is 0 Å². The van der Waals surface area contributed by atoms with E-state index in [2.05, 4.69) is 45.0 Å². The number of esters is 1. The molecule has 2 nitrogen and oxygen atoms in total. The van der Waals surface area contributed by atoms with Gasteiger partial charge in [-0.15, -0.1) is 0 Å². The molecule has 3 aromatic rings. The molecule has 0 bridgehead atoms. The van der Waals surface area contributed by atoms with Crippen LogP contribution >= 0.6 is 23.2 Å². The minimum absolute atomic E-state index is 0.0113. The molecular formula is C20H18Cl2O2. The van der Waals surface area contributed by atoms with E-state index in [1.165, 1.54) is 0 Å². The second-order valence-corrected chi connectivity index (χ2v) is 7.93. The maximum Gasteiger partial charge on any atom is 0.344 e. The molecule has 124 valence electrons. The number of alkyl halides is 2. The number of carbonyl (C=O) groups is 1. The lowest BCUT2D eigenvalue weighted by molar-refractivity contribution is -0.132. The van der Waals surface area contributed by atoms with E-state index in [1.807, 2.05) is 24.3 Å². The zero-order valence-electron chi connectivity index (χ0n) is 13.8. The highest BCUT2D eigenvalue weighted by Gasteiger charge is 2.20. The maximum absolute atomic E-state index is 12.0. The van der Waals surface area contributed by atoms with Crippen molar-refractivity contribution in [3.63, 3.8) is 0 Å². The highest BCUT2D eigenvalue weighted by molar-refractivity contribution is 6.53. The van der Waals surface area contributed by atoms with Crippen molar-refractivity contribution in [2.45, 2.75) is 31.0 Å². The van der Waals surface area contributed by atoms with Crippen LogP contribution in [-0.4, -0.2) is 10.8 Å². The van der Waals surface area contributed by atoms with Crippen molar-refractivity contribution in [2.24, 2.45) is 0 Å². The van der Waals surface area contributed by atoms with E-state index in [9.17, 15) is 4.79 Å². The van der Waals surface area contributed by atoms with Gasteiger partial charge in [-0.25, -0.2) is 4.79 Å². The van der Waals surface area contributed by atoms with Gasteiger partial charge in [0.05, 0.1) is 0 Å². The normalized spacial score (nSPS) is 12.1. The molecule has 0 radical (unpaired) electrons. The van der Waals surface area contributed by atoms with Crippen molar-refractivity contribution >= 4 is 50.7 Å². The molecule has 0 N–H and O–H groups in total. The standard InChI is InChI=1S/C20H18Cl2O2/c1-20(2,3)14-9-8-13-10-12-6-4-5-7-15(12)17(16(13)11-14)24-19(23)18(21)22/h4-11,18H,1-3H3. The zero-order valence-corrected chi connectivity index (χ0v) is 15.3. The van der Waals surface area contributed by atoms with Crippen LogP contribution in [0.5, 0.6) is 5.75 Å². The Bertz CT molecular complexity index is 924. The van der Waals surface area contributed by atoms with E-state index in [1.54, 1.807) is 0 Å². The Morgan fingerprint density at radius 1 is 0.958 bits per heavy atom. The Morgan fingerprint density at radius 3 is 2.29 bits per heavy atom. The molecule has 0 unspecified atom stereocenters. The lowest BCUT2D eigenvalue weighted by Crippen LogP contribution is -2.16. The van der Waals surface area contributed by atoms with Gasteiger partial charge in [-0.1, -0.05) is 80.4 Å². The summed E-state index contributed by atoms with van der Waals surface area (Å²) >= 11 is 11.4. The van der Waals surface area contributed by atoms with Gasteiger partial charge in [0, 0.05) is 10.8 Å². The molecule has 0 fully saturated rings. The summed E-state index contributed by atoms with van der Waals surface area (Å²) < 4.78 is 5.57. The Labute approximate surface area is 151 Å². The summed E-state index contributed by atoms with van der Waals surface area (Å²) in [5.41, 5.74) is 1.15. The molecule has 0 aliphatic carbocycles. The van der Waals surface area contributed by atoms with Crippen LogP contribution in [-0.2, 0) is 10.2 Å². The Hall–Kier alpha value is -1.77. The molecule has 3 aromatic carbocycles. The number of hydrogen-bond acceptors (Lipinski definition) is 2. The SMILES string of the molecule is CC(C)(C)c1ccc2cc3ccccc3c(OC(=O)C(Cl)Cl)c2c1. The van der Waals surface area contributed by atoms with Gasteiger partial charge < -0.3 is 4.74 Å². The van der Waals surface area contributed by atoms with E-state index >= 15 is 0 Å². The molecule has 4 heteroatoms. The Morgan fingerprint density at radius 2 is 1.62 bits per heavy atom. The van der Waals surface area contributed by atoms with Gasteiger partial charge >= 0.3 is 5.97 Å². The summed E-state index contributed by atoms with van der Waals surface area (Å²) in [6.07, 6.45) is 0. The van der Waals surface area contributed by atoms with Crippen LogP contribution in [0.15, 0.2) is 48.5 Å². The van der Waals surface area contributed by atoms with Crippen LogP contribution in [0.1, 0.15) is 26.3 Å². The highest BCUT2D eigenvalue weighted by Crippen LogP contribution is 2.37. The fourth-order valence-corrected chi connectivity index (χ4v) is 2.83. The van der Waals surface area contributed by atoms with Crippen LogP contribution < -0.4 is 4.74 Å². The number of benzene rings is 3. The van der Waals surface area contributed by atoms with Crippen molar-refractivity contribution in [1.29, 1.82) is 0 Å². The topological polar surface area (TPSA) is 26.3 Å². The van der Waals surface area contributed by atoms with Gasteiger partial charge in [0.15, 0.2) is 0 Å². The molecule has 0 atom stereocenters. The van der Waals surface area contributed by atoms with Crippen molar-refractivity contribution in [3.05, 3.63) is 54.1 Å². The summed E-state index contributed by atoms with van der Waals surface area (Å²) in [5.74, 6) is -0.164. The minimum atomic E-state index is -1.22. The highest BCUT2D eigenvalue weighted by atomic mass is 35.5. The molecular weight excluding hydrogens is 343 g/mol. The lowest BCUT2D eigenvalue weighted by atomic mass is 9.85. The summed E-state index contributed by atoms with van der Waals surface area (Å²) in [5, 5.41) is 3.74. The van der Waals surface area contributed by atoms with E-state index in [-0.39, 0.29) is 5.41 Å². The molecule has 0 aromatic heterocycles. The largest absolute Gasteiger partial charge is 0.423 e. The monoisotopic (exact) mass is 360 g/mol. The molecule has 0 saturated heterocycles. The molecule has 24 heavy (non-hydrogen) atoms. The van der Waals surface area contributed by atoms with Crippen molar-refractivity contribution in [1.82, 2.24) is 0 Å². The number of rotatable bonds is 2. The lowest BCUT2D eigenvalue weighted by Gasteiger charge is -2.20. The quantitative estimate of drug-likeness (QED) is 0.242. The van der Waals surface area contributed by atoms with E-state index in [4.69, 9.17) is 27.9 Å². The van der Waals surface area contributed by atoms with E-state index < -0.39 is 10.8 Å². The number of carbonyl (C=O) groups excluding carboxylic acids is 1. The third-order valence-electron chi connectivity index (χ3n) is 4.06. The summed E-state index contributed by atoms with van der Waals surface area (Å²) in [6, 6.07) is 16.1. The average Bonchev–Trinajstić information content (AvgIpc) is 2.53. The van der Waals surface area contributed by atoms with Crippen molar-refractivity contribution in [3.8, 4) is 5.75 Å². The van der Waals surface area contributed by atoms with Gasteiger partial charge in [-0.3, -0.25) is 0 Å². The average molecular weight is 361 g/mol. The number of fused-ring (bicyclic) bond motifs is 2. The van der Waals surface area contributed by atoms with Crippen LogP contribution in [0.2, 0.25) is 0 Å². The molecule has 0 aliphatic rings. The van der Waals surface area contributed by atoms with Crippen molar-refractivity contribution < 1.29 is 9.53 Å². The summed E-state index contributed by atoms with van der Waals surface area (Å²) in [6.45, 7) is 6.44. The molecule has 0 spiro atoms. The summed E-state index contributed by atoms with van der Waals surface area (Å²) in [7, 11) is 0. The zero-order chi connectivity index (χ0) is 17.5. The smallest absolute Gasteiger partial charge is 0.344 e. The third kappa shape index (κ3) is 3.22. The maximum atomic E-state index is 12.0. The van der Waals surface area contributed by atoms with Gasteiger partial charge in [0.2, 0.25) is 4.84 Å². The number of halogens is 2. The predicted octanol–water partition coefficient (Wildman–Crippen LogP) is 6.00. The molecule has 0 aliphatic heterocycles. The first kappa shape index (κ1) is 17.1. The fraction of sp³-hybridized carbons (Fsp3) is 0.250. The van der Waals surface area contributed by atoms with Gasteiger partial charge in [-0.05, 0) is 33.9 Å². The van der Waals surface area contributed by atoms with E-state index in [0.717, 1.165) is 27.1 Å². The van der Waals surface area contributed by atoms with Crippen LogP contribution in [0, 0.1) is 0 Å². The van der Waals surface area contributed by atoms with Gasteiger partial charge in [-0.2, -0.15) is 0 Å². The number of hydrogen-bond donors (Lipinski definition) is 0. The van der Waals surface area contributed by atoms with Gasteiger partial charge in [0.1, 0.15) is 5.75 Å². The second kappa shape index (κ2) is 6.27. The third-order valence-corrected chi connectivity index (χ3v) is 4.42. The predicted molar refractivity (Wildman–Crippen MR) is 101 cm³/mol. The second-order valence-electron chi connectivity index (χ2n) is 6.83. The molecule has 0 heterocycles. The number of ether oxygens (including phenoxy) is 1. The first-order chi connectivity index (χ1) is 11.3. The fourth-order valence-electron chi connectivity index (χ4n) is 2.74. The summed E-state index contributed by atoms with van der Waals surface area (Å²) in [4.78, 5) is 10.8.